The molecule has 0 atom stereocenters. The first-order valence-electron chi connectivity index (χ1n) is 10.5. The fourth-order valence-corrected chi connectivity index (χ4v) is 5.10. The van der Waals surface area contributed by atoms with E-state index in [0.29, 0.717) is 21.9 Å². The van der Waals surface area contributed by atoms with Gasteiger partial charge in [0, 0.05) is 6.54 Å². The molecule has 0 radical (unpaired) electrons. The molecule has 1 N–H and O–H groups in total. The molecule has 0 unspecified atom stereocenters. The zero-order valence-corrected chi connectivity index (χ0v) is 19.8. The van der Waals surface area contributed by atoms with Crippen LogP contribution in [0.5, 0.6) is 0 Å². The van der Waals surface area contributed by atoms with Gasteiger partial charge in [-0.05, 0) is 60.9 Å². The first kappa shape index (κ1) is 22.3. The van der Waals surface area contributed by atoms with Crippen LogP contribution in [-0.2, 0) is 11.2 Å². The molecule has 0 fully saturated rings. The van der Waals surface area contributed by atoms with E-state index in [-0.39, 0.29) is 17.2 Å². The van der Waals surface area contributed by atoms with Crippen molar-refractivity contribution in [2.75, 3.05) is 12.3 Å². The molecule has 0 aliphatic rings. The zero-order chi connectivity index (χ0) is 22.5. The Balaban J connectivity index is 1.48. The SMILES string of the molecule is Cc1ccc(C)c(-n2c(SCC(=O)NCCCc3ccccc3)nc3ccsc3c2=O)c1. The molecule has 2 aromatic carbocycles. The Morgan fingerprint density at radius 1 is 1.12 bits per heavy atom. The number of amides is 1. The molecule has 0 saturated carbocycles. The van der Waals surface area contributed by atoms with E-state index in [2.05, 4.69) is 17.4 Å². The minimum absolute atomic E-state index is 0.0600. The van der Waals surface area contributed by atoms with Gasteiger partial charge in [-0.25, -0.2) is 4.98 Å². The Labute approximate surface area is 195 Å². The van der Waals surface area contributed by atoms with E-state index in [1.165, 1.54) is 28.7 Å². The maximum absolute atomic E-state index is 13.3. The highest BCUT2D eigenvalue weighted by Gasteiger charge is 2.17. The van der Waals surface area contributed by atoms with Crippen molar-refractivity contribution in [3.63, 3.8) is 0 Å². The van der Waals surface area contributed by atoms with E-state index in [0.717, 1.165) is 29.7 Å². The Bertz CT molecular complexity index is 1300. The summed E-state index contributed by atoms with van der Waals surface area (Å²) in [7, 11) is 0. The van der Waals surface area contributed by atoms with Gasteiger partial charge in [0.1, 0.15) is 4.70 Å². The van der Waals surface area contributed by atoms with Crippen molar-refractivity contribution in [1.29, 1.82) is 0 Å². The molecular formula is C25H25N3O2S2. The maximum atomic E-state index is 13.3. The second-order valence-electron chi connectivity index (χ2n) is 7.69. The Hall–Kier alpha value is -2.90. The monoisotopic (exact) mass is 463 g/mol. The zero-order valence-electron chi connectivity index (χ0n) is 18.1. The lowest BCUT2D eigenvalue weighted by molar-refractivity contribution is -0.118. The molecule has 2 aromatic heterocycles. The van der Waals surface area contributed by atoms with E-state index < -0.39 is 0 Å². The van der Waals surface area contributed by atoms with Crippen LogP contribution in [0.3, 0.4) is 0 Å². The topological polar surface area (TPSA) is 64.0 Å². The molecule has 4 aromatic rings. The van der Waals surface area contributed by atoms with Gasteiger partial charge in [-0.1, -0.05) is 54.2 Å². The van der Waals surface area contributed by atoms with E-state index in [9.17, 15) is 9.59 Å². The molecule has 2 heterocycles. The Kier molecular flexibility index (Phi) is 7.07. The van der Waals surface area contributed by atoms with Crippen LogP contribution >= 0.6 is 23.1 Å². The molecule has 32 heavy (non-hydrogen) atoms. The lowest BCUT2D eigenvalue weighted by Gasteiger charge is -2.15. The number of carbonyl (C=O) groups excluding carboxylic acids is 1. The average Bonchev–Trinajstić information content (AvgIpc) is 3.27. The van der Waals surface area contributed by atoms with Crippen molar-refractivity contribution >= 4 is 39.2 Å². The molecule has 0 aliphatic heterocycles. The summed E-state index contributed by atoms with van der Waals surface area (Å²) in [6, 6.07) is 18.1. The highest BCUT2D eigenvalue weighted by Crippen LogP contribution is 2.25. The van der Waals surface area contributed by atoms with E-state index in [4.69, 9.17) is 4.98 Å². The number of nitrogens with zero attached hydrogens (tertiary/aromatic N) is 2. The van der Waals surface area contributed by atoms with Crippen molar-refractivity contribution in [2.45, 2.75) is 31.8 Å². The summed E-state index contributed by atoms with van der Waals surface area (Å²) < 4.78 is 2.27. The third kappa shape index (κ3) is 5.11. The van der Waals surface area contributed by atoms with Crippen LogP contribution in [0, 0.1) is 13.8 Å². The number of benzene rings is 2. The van der Waals surface area contributed by atoms with Gasteiger partial charge in [-0.15, -0.1) is 11.3 Å². The molecule has 0 saturated heterocycles. The van der Waals surface area contributed by atoms with Crippen molar-refractivity contribution in [2.24, 2.45) is 0 Å². The highest BCUT2D eigenvalue weighted by atomic mass is 32.2. The molecule has 7 heteroatoms. The van der Waals surface area contributed by atoms with Gasteiger partial charge in [0.2, 0.25) is 5.91 Å². The highest BCUT2D eigenvalue weighted by molar-refractivity contribution is 7.99. The van der Waals surface area contributed by atoms with Gasteiger partial charge in [-0.2, -0.15) is 0 Å². The normalized spacial score (nSPS) is 11.1. The number of thiophene rings is 1. The van der Waals surface area contributed by atoms with Crippen molar-refractivity contribution in [3.8, 4) is 5.69 Å². The number of thioether (sulfide) groups is 1. The Morgan fingerprint density at radius 3 is 2.75 bits per heavy atom. The molecule has 0 bridgehead atoms. The Morgan fingerprint density at radius 2 is 1.94 bits per heavy atom. The van der Waals surface area contributed by atoms with Crippen LogP contribution in [0.2, 0.25) is 0 Å². The first-order valence-corrected chi connectivity index (χ1v) is 12.4. The third-order valence-corrected chi connectivity index (χ3v) is 7.02. The van der Waals surface area contributed by atoms with Crippen molar-refractivity contribution in [3.05, 3.63) is 87.0 Å². The summed E-state index contributed by atoms with van der Waals surface area (Å²) in [5, 5.41) is 5.39. The summed E-state index contributed by atoms with van der Waals surface area (Å²) in [6.45, 7) is 4.60. The molecule has 0 aliphatic carbocycles. The van der Waals surface area contributed by atoms with Gasteiger partial charge >= 0.3 is 0 Å². The van der Waals surface area contributed by atoms with E-state index >= 15 is 0 Å². The lowest BCUT2D eigenvalue weighted by atomic mass is 10.1. The minimum atomic E-state index is -0.0931. The molecule has 5 nitrogen and oxygen atoms in total. The standard InChI is InChI=1S/C25H25N3O2S2/c1-17-10-11-18(2)21(15-17)28-24(30)23-20(12-14-31-23)27-25(28)32-16-22(29)26-13-6-9-19-7-4-3-5-8-19/h3-5,7-8,10-12,14-15H,6,9,13,16H2,1-2H3,(H,26,29). The van der Waals surface area contributed by atoms with Crippen LogP contribution in [0.15, 0.2) is 69.9 Å². The van der Waals surface area contributed by atoms with Crippen molar-refractivity contribution in [1.82, 2.24) is 14.9 Å². The maximum Gasteiger partial charge on any atom is 0.276 e. The number of aryl methyl sites for hydroxylation is 3. The smallest absolute Gasteiger partial charge is 0.276 e. The number of carbonyl (C=O) groups is 1. The summed E-state index contributed by atoms with van der Waals surface area (Å²) in [5.74, 6) is 0.147. The van der Waals surface area contributed by atoms with Crippen LogP contribution in [0.1, 0.15) is 23.1 Å². The summed E-state index contributed by atoms with van der Waals surface area (Å²) in [4.78, 5) is 30.4. The van der Waals surface area contributed by atoms with E-state index in [1.54, 1.807) is 4.57 Å². The molecule has 1 amide bonds. The van der Waals surface area contributed by atoms with Gasteiger partial charge in [-0.3, -0.25) is 14.2 Å². The lowest BCUT2D eigenvalue weighted by Crippen LogP contribution is -2.27. The van der Waals surface area contributed by atoms with E-state index in [1.807, 2.05) is 61.7 Å². The molecular weight excluding hydrogens is 438 g/mol. The number of nitrogens with one attached hydrogen (secondary N) is 1. The average molecular weight is 464 g/mol. The fourth-order valence-electron chi connectivity index (χ4n) is 3.51. The number of rotatable bonds is 8. The first-order chi connectivity index (χ1) is 15.5. The van der Waals surface area contributed by atoms with Gasteiger partial charge in [0.05, 0.1) is 17.0 Å². The van der Waals surface area contributed by atoms with Crippen molar-refractivity contribution < 1.29 is 4.79 Å². The van der Waals surface area contributed by atoms with Gasteiger partial charge < -0.3 is 5.32 Å². The fraction of sp³-hybridized carbons (Fsp3) is 0.240. The second kappa shape index (κ2) is 10.1. The van der Waals surface area contributed by atoms with Crippen LogP contribution in [0.4, 0.5) is 0 Å². The second-order valence-corrected chi connectivity index (χ2v) is 9.55. The quantitative estimate of drug-likeness (QED) is 0.229. The van der Waals surface area contributed by atoms with Gasteiger partial charge in [0.15, 0.2) is 5.16 Å². The predicted octanol–water partition coefficient (Wildman–Crippen LogP) is 4.91. The minimum Gasteiger partial charge on any atom is -0.355 e. The summed E-state index contributed by atoms with van der Waals surface area (Å²) in [5.41, 5.74) is 4.71. The summed E-state index contributed by atoms with van der Waals surface area (Å²) >= 11 is 2.69. The number of fused-ring (bicyclic) bond motifs is 1. The van der Waals surface area contributed by atoms with Crippen LogP contribution < -0.4 is 10.9 Å². The third-order valence-electron chi connectivity index (χ3n) is 5.19. The largest absolute Gasteiger partial charge is 0.355 e. The number of hydrogen-bond acceptors (Lipinski definition) is 5. The summed E-state index contributed by atoms with van der Waals surface area (Å²) in [6.07, 6.45) is 1.81. The molecule has 164 valence electrons. The van der Waals surface area contributed by atoms with Crippen LogP contribution in [0.25, 0.3) is 15.9 Å². The number of hydrogen-bond donors (Lipinski definition) is 1. The molecule has 4 rings (SSSR count). The van der Waals surface area contributed by atoms with Crippen LogP contribution in [-0.4, -0.2) is 27.8 Å². The number of aromatic nitrogens is 2. The predicted molar refractivity (Wildman–Crippen MR) is 133 cm³/mol. The van der Waals surface area contributed by atoms with Gasteiger partial charge in [0.25, 0.3) is 5.56 Å². The molecule has 0 spiro atoms.